The standard InChI is InChI=1S/C20H20FN3O2/c1-24-12-11-22-20(24)19(15-8-4-5-9-16(15)21)23-18(25)13-14-7-3-6-10-17(14)26-2/h3-12,19H,13H2,1-2H3,(H,23,25)/t19-/m1/s1. The summed E-state index contributed by atoms with van der Waals surface area (Å²) in [4.78, 5) is 16.9. The molecular weight excluding hydrogens is 333 g/mol. The van der Waals surface area contributed by atoms with Gasteiger partial charge in [-0.1, -0.05) is 36.4 Å². The number of imidazole rings is 1. The maximum Gasteiger partial charge on any atom is 0.225 e. The molecule has 1 heterocycles. The molecule has 1 atom stereocenters. The number of aromatic nitrogens is 2. The van der Waals surface area contributed by atoms with Crippen molar-refractivity contribution < 1.29 is 13.9 Å². The molecule has 0 spiro atoms. The zero-order chi connectivity index (χ0) is 18.5. The summed E-state index contributed by atoms with van der Waals surface area (Å²) >= 11 is 0. The van der Waals surface area contributed by atoms with Gasteiger partial charge >= 0.3 is 0 Å². The average molecular weight is 353 g/mol. The lowest BCUT2D eigenvalue weighted by Gasteiger charge is -2.20. The van der Waals surface area contributed by atoms with E-state index >= 15 is 0 Å². The van der Waals surface area contributed by atoms with Crippen LogP contribution >= 0.6 is 0 Å². The van der Waals surface area contributed by atoms with Gasteiger partial charge < -0.3 is 14.6 Å². The SMILES string of the molecule is COc1ccccc1CC(=O)N[C@H](c1ccccc1F)c1nccn1C. The Morgan fingerprint density at radius 1 is 1.23 bits per heavy atom. The van der Waals surface area contributed by atoms with Crippen molar-refractivity contribution in [1.29, 1.82) is 0 Å². The predicted octanol–water partition coefficient (Wildman–Crippen LogP) is 3.02. The van der Waals surface area contributed by atoms with Crippen LogP contribution in [0.4, 0.5) is 4.39 Å². The minimum atomic E-state index is -0.682. The second kappa shape index (κ2) is 7.82. The predicted molar refractivity (Wildman–Crippen MR) is 96.3 cm³/mol. The van der Waals surface area contributed by atoms with E-state index in [0.29, 0.717) is 17.1 Å². The molecule has 0 aliphatic heterocycles. The molecule has 0 saturated carbocycles. The van der Waals surface area contributed by atoms with Gasteiger partial charge in [0.25, 0.3) is 0 Å². The fourth-order valence-electron chi connectivity index (χ4n) is 2.88. The highest BCUT2D eigenvalue weighted by atomic mass is 19.1. The summed E-state index contributed by atoms with van der Waals surface area (Å²) in [5.41, 5.74) is 1.13. The summed E-state index contributed by atoms with van der Waals surface area (Å²) in [6.45, 7) is 0. The topological polar surface area (TPSA) is 56.1 Å². The maximum atomic E-state index is 14.4. The number of carbonyl (C=O) groups excluding carboxylic acids is 1. The first kappa shape index (κ1) is 17.7. The van der Waals surface area contributed by atoms with Crippen LogP contribution in [0.1, 0.15) is 23.0 Å². The molecule has 5 nitrogen and oxygen atoms in total. The Morgan fingerprint density at radius 2 is 1.96 bits per heavy atom. The first-order chi connectivity index (χ1) is 12.6. The number of ether oxygens (including phenoxy) is 1. The third kappa shape index (κ3) is 3.74. The number of benzene rings is 2. The number of rotatable bonds is 6. The van der Waals surface area contributed by atoms with E-state index in [-0.39, 0.29) is 12.3 Å². The Balaban J connectivity index is 1.88. The molecule has 0 unspecified atom stereocenters. The Hall–Kier alpha value is -3.15. The molecule has 6 heteroatoms. The van der Waals surface area contributed by atoms with E-state index in [2.05, 4.69) is 10.3 Å². The molecule has 3 rings (SSSR count). The first-order valence-electron chi connectivity index (χ1n) is 8.23. The number of hydrogen-bond donors (Lipinski definition) is 1. The number of hydrogen-bond acceptors (Lipinski definition) is 3. The van der Waals surface area contributed by atoms with Crippen LogP contribution in [0.25, 0.3) is 0 Å². The summed E-state index contributed by atoms with van der Waals surface area (Å²) in [6, 6.07) is 13.0. The van der Waals surface area contributed by atoms with E-state index in [1.807, 2.05) is 25.2 Å². The van der Waals surface area contributed by atoms with Crippen LogP contribution in [-0.2, 0) is 18.3 Å². The Kier molecular flexibility index (Phi) is 5.31. The molecule has 0 aliphatic carbocycles. The number of para-hydroxylation sites is 1. The lowest BCUT2D eigenvalue weighted by Crippen LogP contribution is -2.32. The summed E-state index contributed by atoms with van der Waals surface area (Å²) in [7, 11) is 3.37. The second-order valence-corrected chi connectivity index (χ2v) is 5.91. The number of amides is 1. The van der Waals surface area contributed by atoms with E-state index in [0.717, 1.165) is 5.56 Å². The van der Waals surface area contributed by atoms with Crippen LogP contribution < -0.4 is 10.1 Å². The van der Waals surface area contributed by atoms with Crippen molar-refractivity contribution >= 4 is 5.91 Å². The van der Waals surface area contributed by atoms with Crippen LogP contribution in [0.15, 0.2) is 60.9 Å². The first-order valence-corrected chi connectivity index (χ1v) is 8.23. The summed E-state index contributed by atoms with van der Waals surface area (Å²) in [5.74, 6) is 0.564. The van der Waals surface area contributed by atoms with Gasteiger partial charge in [-0.15, -0.1) is 0 Å². The van der Waals surface area contributed by atoms with Crippen LogP contribution in [0, 0.1) is 5.82 Å². The lowest BCUT2D eigenvalue weighted by atomic mass is 10.0. The zero-order valence-corrected chi connectivity index (χ0v) is 14.6. The second-order valence-electron chi connectivity index (χ2n) is 5.91. The largest absolute Gasteiger partial charge is 0.496 e. The Morgan fingerprint density at radius 3 is 2.65 bits per heavy atom. The van der Waals surface area contributed by atoms with Crippen molar-refractivity contribution in [2.75, 3.05) is 7.11 Å². The molecule has 26 heavy (non-hydrogen) atoms. The van der Waals surface area contributed by atoms with Crippen molar-refractivity contribution in [3.63, 3.8) is 0 Å². The smallest absolute Gasteiger partial charge is 0.225 e. The molecular formula is C20H20FN3O2. The normalized spacial score (nSPS) is 11.8. The third-order valence-corrected chi connectivity index (χ3v) is 4.18. The van der Waals surface area contributed by atoms with Crippen molar-refractivity contribution in [1.82, 2.24) is 14.9 Å². The molecule has 0 aliphatic rings. The Labute approximate surface area is 151 Å². The molecule has 1 aromatic heterocycles. The van der Waals surface area contributed by atoms with Crippen LogP contribution in [0.3, 0.4) is 0 Å². The third-order valence-electron chi connectivity index (χ3n) is 4.18. The molecule has 1 amide bonds. The number of carbonyl (C=O) groups is 1. The molecule has 0 radical (unpaired) electrons. The fourth-order valence-corrected chi connectivity index (χ4v) is 2.88. The van der Waals surface area contributed by atoms with Gasteiger partial charge in [-0.25, -0.2) is 9.37 Å². The molecule has 0 saturated heterocycles. The molecule has 0 fully saturated rings. The van der Waals surface area contributed by atoms with Crippen molar-refractivity contribution in [2.45, 2.75) is 12.5 Å². The van der Waals surface area contributed by atoms with E-state index < -0.39 is 11.9 Å². The number of nitrogens with zero attached hydrogens (tertiary/aromatic N) is 2. The summed E-state index contributed by atoms with van der Waals surface area (Å²) in [6.07, 6.45) is 3.50. The minimum Gasteiger partial charge on any atom is -0.496 e. The van der Waals surface area contributed by atoms with Gasteiger partial charge in [0.2, 0.25) is 5.91 Å². The zero-order valence-electron chi connectivity index (χ0n) is 14.6. The van der Waals surface area contributed by atoms with Crippen LogP contribution in [0.5, 0.6) is 5.75 Å². The molecule has 134 valence electrons. The van der Waals surface area contributed by atoms with E-state index in [1.54, 1.807) is 48.3 Å². The van der Waals surface area contributed by atoms with Gasteiger partial charge in [0.05, 0.1) is 13.5 Å². The van der Waals surface area contributed by atoms with Gasteiger partial charge in [0.15, 0.2) is 0 Å². The summed E-state index contributed by atoms with van der Waals surface area (Å²) < 4.78 is 21.4. The average Bonchev–Trinajstić information content (AvgIpc) is 3.06. The lowest BCUT2D eigenvalue weighted by molar-refractivity contribution is -0.121. The molecule has 2 aromatic carbocycles. The molecule has 1 N–H and O–H groups in total. The van der Waals surface area contributed by atoms with Crippen molar-refractivity contribution in [3.8, 4) is 5.75 Å². The van der Waals surface area contributed by atoms with Crippen molar-refractivity contribution in [2.24, 2.45) is 7.05 Å². The number of halogens is 1. The van der Waals surface area contributed by atoms with Gasteiger partial charge in [-0.05, 0) is 12.1 Å². The van der Waals surface area contributed by atoms with Gasteiger partial charge in [0.1, 0.15) is 23.4 Å². The van der Waals surface area contributed by atoms with Crippen LogP contribution in [-0.4, -0.2) is 22.6 Å². The van der Waals surface area contributed by atoms with Crippen molar-refractivity contribution in [3.05, 3.63) is 83.7 Å². The Bertz CT molecular complexity index is 907. The minimum absolute atomic E-state index is 0.124. The highest BCUT2D eigenvalue weighted by Crippen LogP contribution is 2.24. The van der Waals surface area contributed by atoms with Gasteiger partial charge in [0, 0.05) is 30.6 Å². The van der Waals surface area contributed by atoms with Crippen LogP contribution in [0.2, 0.25) is 0 Å². The highest BCUT2D eigenvalue weighted by Gasteiger charge is 2.23. The van der Waals surface area contributed by atoms with Gasteiger partial charge in [-0.3, -0.25) is 4.79 Å². The van der Waals surface area contributed by atoms with E-state index in [9.17, 15) is 9.18 Å². The number of aryl methyl sites for hydroxylation is 1. The quantitative estimate of drug-likeness (QED) is 0.741. The van der Waals surface area contributed by atoms with E-state index in [1.165, 1.54) is 6.07 Å². The monoisotopic (exact) mass is 353 g/mol. The summed E-state index contributed by atoms with van der Waals surface area (Å²) in [5, 5.41) is 2.90. The molecule has 3 aromatic rings. The molecule has 0 bridgehead atoms. The number of methoxy groups -OCH3 is 1. The van der Waals surface area contributed by atoms with E-state index in [4.69, 9.17) is 4.74 Å². The highest BCUT2D eigenvalue weighted by molar-refractivity contribution is 5.80. The number of nitrogens with one attached hydrogen (secondary N) is 1. The van der Waals surface area contributed by atoms with Gasteiger partial charge in [-0.2, -0.15) is 0 Å². The fraction of sp³-hybridized carbons (Fsp3) is 0.200. The maximum absolute atomic E-state index is 14.4.